The van der Waals surface area contributed by atoms with E-state index in [2.05, 4.69) is 0 Å². The van der Waals surface area contributed by atoms with Gasteiger partial charge in [0.05, 0.1) is 0 Å². The Hall–Kier alpha value is 0.175. The van der Waals surface area contributed by atoms with E-state index in [-0.39, 0.29) is 31.9 Å². The summed E-state index contributed by atoms with van der Waals surface area (Å²) in [6.45, 7) is 1.69. The van der Waals surface area contributed by atoms with Crippen molar-refractivity contribution in [2.45, 2.75) is 6.92 Å². The van der Waals surface area contributed by atoms with Crippen LogP contribution >= 0.6 is 11.6 Å². The minimum absolute atomic E-state index is 0.182. The Morgan fingerprint density at radius 3 is 2.73 bits per heavy atom. The first-order chi connectivity index (χ1) is 5.04. The van der Waals surface area contributed by atoms with Gasteiger partial charge in [-0.25, -0.2) is 0 Å². The van der Waals surface area contributed by atoms with Crippen molar-refractivity contribution in [3.63, 3.8) is 0 Å². The van der Waals surface area contributed by atoms with Crippen molar-refractivity contribution in [1.29, 1.82) is 0 Å². The van der Waals surface area contributed by atoms with E-state index < -0.39 is 0 Å². The van der Waals surface area contributed by atoms with Crippen molar-refractivity contribution in [2.24, 2.45) is 0 Å². The molecule has 1 aromatic rings. The van der Waals surface area contributed by atoms with Gasteiger partial charge in [0.1, 0.15) is 0 Å². The van der Waals surface area contributed by atoms with E-state index in [0.29, 0.717) is 19.3 Å². The molecule has 0 atom stereocenters. The molecule has 1 rings (SSSR count). The van der Waals surface area contributed by atoms with Crippen LogP contribution in [0.15, 0.2) is 6.07 Å². The van der Waals surface area contributed by atoms with E-state index in [1.807, 2.05) is 0 Å². The van der Waals surface area contributed by atoms with Gasteiger partial charge in [0.15, 0.2) is 0 Å². The van der Waals surface area contributed by atoms with Crippen LogP contribution in [0.4, 0.5) is 10.1 Å². The number of rotatable bonds is 0. The Labute approximate surface area is 85.7 Å². The fourth-order valence-corrected chi connectivity index (χ4v) is 3.37. The summed E-state index contributed by atoms with van der Waals surface area (Å²) >= 11 is 5.91. The fourth-order valence-electron chi connectivity index (χ4n) is 0.832. The summed E-state index contributed by atoms with van der Waals surface area (Å²) in [7, 11) is 0. The van der Waals surface area contributed by atoms with Crippen molar-refractivity contribution in [3.8, 4) is 0 Å². The summed E-state index contributed by atoms with van der Waals surface area (Å²) < 4.78 is 13.7. The zero-order valence-corrected chi connectivity index (χ0v) is 12.4. The van der Waals surface area contributed by atoms with Crippen LogP contribution in [0.25, 0.3) is 0 Å². The van der Waals surface area contributed by atoms with Gasteiger partial charge in [0.25, 0.3) is 0 Å². The average molecular weight is 359 g/mol. The maximum atomic E-state index is 13.1. The molecule has 0 amide bonds. The molecule has 1 aromatic carbocycles. The van der Waals surface area contributed by atoms with Crippen LogP contribution in [0.3, 0.4) is 0 Å². The number of nitrogens with two attached hydrogens (primary N) is 1. The molecule has 0 heterocycles. The van der Waals surface area contributed by atoms with E-state index in [4.69, 9.17) is 17.3 Å². The predicted molar refractivity (Wildman–Crippen MR) is 40.2 cm³/mol. The van der Waals surface area contributed by atoms with Crippen LogP contribution < -0.4 is 8.81 Å². The van der Waals surface area contributed by atoms with Gasteiger partial charge >= 0.3 is 86.0 Å². The number of nitrogen functional groups attached to an aromatic ring is 1. The quantitative estimate of drug-likeness (QED) is 0.552. The fraction of sp³-hybridized carbons (Fsp3) is 0.143. The molecule has 0 saturated heterocycles. The second-order valence-electron chi connectivity index (χ2n) is 2.38. The predicted octanol–water partition coefficient (Wildman–Crippen LogP) is 1.54. The number of aryl methyl sites for hydroxylation is 1. The van der Waals surface area contributed by atoms with Crippen LogP contribution in [0.5, 0.6) is 0 Å². The Bertz CT molecular complexity index is 275. The molecule has 0 spiro atoms. The van der Waals surface area contributed by atoms with Crippen LogP contribution in [0, 0.1) is 12.7 Å². The van der Waals surface area contributed by atoms with E-state index in [0.717, 1.165) is 0 Å². The van der Waals surface area contributed by atoms with Gasteiger partial charge in [-0.2, -0.15) is 0 Å². The average Bonchev–Trinajstić information content (AvgIpc) is 1.97. The van der Waals surface area contributed by atoms with Crippen molar-refractivity contribution < 1.29 is 30.5 Å². The van der Waals surface area contributed by atoms with Crippen LogP contribution in [0.1, 0.15) is 5.56 Å². The molecule has 11 heavy (non-hydrogen) atoms. The van der Waals surface area contributed by atoms with Crippen LogP contribution in [-0.2, 0) is 26.1 Å². The van der Waals surface area contributed by atoms with Crippen molar-refractivity contribution in [3.05, 3.63) is 22.5 Å². The molecular weight excluding hydrogens is 353 g/mol. The molecule has 0 unspecified atom stereocenters. The minimum atomic E-state index is -0.185. The first kappa shape index (κ1) is 9.26. The third-order valence-corrected chi connectivity index (χ3v) is 4.54. The number of hydrogen-bond acceptors (Lipinski definition) is 1. The van der Waals surface area contributed by atoms with Gasteiger partial charge in [0.2, 0.25) is 0 Å². The zero-order valence-electron chi connectivity index (χ0n) is 6.12. The summed E-state index contributed by atoms with van der Waals surface area (Å²) in [5, 5.41) is 0.467. The molecule has 0 radical (unpaired) electrons. The molecule has 4 heteroatoms. The van der Waals surface area contributed by atoms with Crippen molar-refractivity contribution in [1.82, 2.24) is 0 Å². The third-order valence-electron chi connectivity index (χ3n) is 1.54. The standard InChI is InChI=1S/C7H6ClFN.Hg/c1-4-2-5(8)7(10)3-6(4)9;/h2H,10H2,1H3;. The molecule has 55 valence electrons. The Morgan fingerprint density at radius 2 is 2.18 bits per heavy atom. The molecule has 0 aromatic heterocycles. The maximum absolute atomic E-state index is 13.1. The summed E-state index contributed by atoms with van der Waals surface area (Å²) in [5.41, 5.74) is 6.52. The third kappa shape index (κ3) is 1.67. The van der Waals surface area contributed by atoms with E-state index in [1.54, 1.807) is 13.0 Å². The second-order valence-corrected chi connectivity index (χ2v) is 5.54. The summed E-state index contributed by atoms with van der Waals surface area (Å²) in [4.78, 5) is 0. The van der Waals surface area contributed by atoms with Gasteiger partial charge in [-0.15, -0.1) is 0 Å². The molecule has 0 aliphatic rings. The summed E-state index contributed by atoms with van der Waals surface area (Å²) in [6, 6.07) is 1.56. The second kappa shape index (κ2) is 3.27. The normalized spacial score (nSPS) is 10.3. The van der Waals surface area contributed by atoms with Gasteiger partial charge in [-0.1, -0.05) is 0 Å². The van der Waals surface area contributed by atoms with Crippen molar-refractivity contribution in [2.75, 3.05) is 5.73 Å². The zero-order chi connectivity index (χ0) is 8.59. The topological polar surface area (TPSA) is 26.0 Å². The van der Waals surface area contributed by atoms with Crippen LogP contribution in [-0.4, -0.2) is 0 Å². The molecule has 2 N–H and O–H groups in total. The molecule has 0 fully saturated rings. The van der Waals surface area contributed by atoms with E-state index in [9.17, 15) is 4.39 Å². The van der Waals surface area contributed by atoms with E-state index in [1.165, 1.54) is 0 Å². The van der Waals surface area contributed by atoms with Crippen LogP contribution in [0.2, 0.25) is 5.02 Å². The van der Waals surface area contributed by atoms with E-state index >= 15 is 0 Å². The Balaban J connectivity index is 3.46. The number of halogens is 2. The summed E-state index contributed by atoms with van der Waals surface area (Å²) in [6.07, 6.45) is 0. The van der Waals surface area contributed by atoms with Gasteiger partial charge in [0, 0.05) is 0 Å². The van der Waals surface area contributed by atoms with Gasteiger partial charge < -0.3 is 0 Å². The van der Waals surface area contributed by atoms with Gasteiger partial charge in [-0.3, -0.25) is 0 Å². The Kier molecular flexibility index (Phi) is 2.76. The number of hydrogen-bond donors (Lipinski definition) is 1. The molecule has 0 bridgehead atoms. The molecule has 0 aliphatic heterocycles. The molecule has 0 saturated carbocycles. The first-order valence-electron chi connectivity index (χ1n) is 3.10. The van der Waals surface area contributed by atoms with Gasteiger partial charge in [-0.05, 0) is 0 Å². The SMILES string of the molecule is Cc1cc(Cl)c(N)[c]([Hg])c1F. The number of anilines is 1. The molecular formula is C7H6ClFHgN. The molecule has 0 aliphatic carbocycles. The summed E-state index contributed by atoms with van der Waals surface area (Å²) in [5.74, 6) is -0.185. The monoisotopic (exact) mass is 360 g/mol. The Morgan fingerprint density at radius 1 is 1.64 bits per heavy atom. The first-order valence-corrected chi connectivity index (χ1v) is 6.22. The van der Waals surface area contributed by atoms with Crippen molar-refractivity contribution >= 4 is 20.4 Å². The number of benzene rings is 1. The molecule has 1 nitrogen and oxygen atoms in total.